The first-order valence-electron chi connectivity index (χ1n) is 6.88. The molecular formula is C12H17N7OS. The summed E-state index contributed by atoms with van der Waals surface area (Å²) >= 11 is 1.39. The summed E-state index contributed by atoms with van der Waals surface area (Å²) in [5, 5.41) is 23.2. The molecule has 0 atom stereocenters. The maximum absolute atomic E-state index is 12.1. The first kappa shape index (κ1) is 14.1. The fourth-order valence-electron chi connectivity index (χ4n) is 1.92. The largest absolute Gasteiger partial charge is 0.312 e. The van der Waals surface area contributed by atoms with Crippen molar-refractivity contribution in [3.05, 3.63) is 16.9 Å². The van der Waals surface area contributed by atoms with Crippen LogP contribution in [0.3, 0.4) is 0 Å². The maximum Gasteiger partial charge on any atom is 0.279 e. The molecule has 2 N–H and O–H groups in total. The molecule has 1 aliphatic heterocycles. The lowest BCUT2D eigenvalue weighted by Crippen LogP contribution is -2.43. The van der Waals surface area contributed by atoms with Gasteiger partial charge < -0.3 is 5.32 Å². The molecule has 8 nitrogen and oxygen atoms in total. The second-order valence-corrected chi connectivity index (χ2v) is 6.51. The van der Waals surface area contributed by atoms with E-state index < -0.39 is 0 Å². The van der Waals surface area contributed by atoms with E-state index in [2.05, 4.69) is 45.0 Å². The van der Waals surface area contributed by atoms with Crippen LogP contribution in [0.5, 0.6) is 0 Å². The molecule has 21 heavy (non-hydrogen) atoms. The highest BCUT2D eigenvalue weighted by Gasteiger charge is 2.22. The Labute approximate surface area is 126 Å². The molecule has 0 unspecified atom stereocenters. The predicted octanol–water partition coefficient (Wildman–Crippen LogP) is 0.725. The van der Waals surface area contributed by atoms with Crippen molar-refractivity contribution in [1.29, 1.82) is 0 Å². The van der Waals surface area contributed by atoms with Crippen LogP contribution < -0.4 is 10.6 Å². The van der Waals surface area contributed by atoms with Crippen LogP contribution >= 0.6 is 11.3 Å². The zero-order chi connectivity index (χ0) is 14.8. The number of nitrogens with zero attached hydrogens (tertiary/aromatic N) is 5. The smallest absolute Gasteiger partial charge is 0.279 e. The monoisotopic (exact) mass is 307 g/mol. The molecule has 0 radical (unpaired) electrons. The average Bonchev–Trinajstić information content (AvgIpc) is 2.96. The van der Waals surface area contributed by atoms with E-state index in [4.69, 9.17) is 0 Å². The molecule has 0 saturated carbocycles. The van der Waals surface area contributed by atoms with Crippen LogP contribution in [0.25, 0.3) is 0 Å². The van der Waals surface area contributed by atoms with Gasteiger partial charge in [-0.15, -0.1) is 15.3 Å². The number of hydrogen-bond donors (Lipinski definition) is 2. The number of aromatic nitrogens is 5. The van der Waals surface area contributed by atoms with Gasteiger partial charge in [0, 0.05) is 19.5 Å². The van der Waals surface area contributed by atoms with Gasteiger partial charge in [-0.25, -0.2) is 4.68 Å². The molecule has 9 heteroatoms. The van der Waals surface area contributed by atoms with Crippen molar-refractivity contribution >= 4 is 22.4 Å². The van der Waals surface area contributed by atoms with Crippen molar-refractivity contribution in [3.63, 3.8) is 0 Å². The van der Waals surface area contributed by atoms with E-state index in [1.165, 1.54) is 11.3 Å². The molecule has 112 valence electrons. The van der Waals surface area contributed by atoms with E-state index in [1.807, 2.05) is 0 Å². The van der Waals surface area contributed by atoms with Crippen molar-refractivity contribution in [1.82, 2.24) is 30.5 Å². The molecule has 0 aliphatic carbocycles. The maximum atomic E-state index is 12.1. The molecule has 0 aromatic carbocycles. The Hall–Kier alpha value is -1.87. The van der Waals surface area contributed by atoms with Gasteiger partial charge in [-0.3, -0.25) is 10.1 Å². The zero-order valence-electron chi connectivity index (χ0n) is 11.9. The molecular weight excluding hydrogens is 290 g/mol. The minimum Gasteiger partial charge on any atom is -0.312 e. The van der Waals surface area contributed by atoms with E-state index in [1.54, 1.807) is 10.9 Å². The Morgan fingerprint density at radius 2 is 2.29 bits per heavy atom. The summed E-state index contributed by atoms with van der Waals surface area (Å²) in [5.41, 5.74) is 0.294. The van der Waals surface area contributed by atoms with Crippen molar-refractivity contribution in [2.24, 2.45) is 5.92 Å². The van der Waals surface area contributed by atoms with Gasteiger partial charge >= 0.3 is 0 Å². The van der Waals surface area contributed by atoms with Crippen LogP contribution in [0, 0.1) is 5.92 Å². The van der Waals surface area contributed by atoms with Gasteiger partial charge in [-0.1, -0.05) is 30.4 Å². The Morgan fingerprint density at radius 3 is 2.95 bits per heavy atom. The second-order valence-electron chi connectivity index (χ2n) is 5.45. The standard InChI is InChI=1S/C12H17N7OS/c1-7(2)3-10-16-17-12(21-10)14-11(20)9-6-19(18-15-9)8-4-13-5-8/h6-8,13H,3-5H2,1-2H3,(H,14,17,20). The zero-order valence-corrected chi connectivity index (χ0v) is 12.7. The van der Waals surface area contributed by atoms with Gasteiger partial charge in [-0.05, 0) is 5.92 Å². The average molecular weight is 307 g/mol. The topological polar surface area (TPSA) is 97.6 Å². The summed E-state index contributed by atoms with van der Waals surface area (Å²) in [7, 11) is 0. The van der Waals surface area contributed by atoms with Crippen molar-refractivity contribution in [2.75, 3.05) is 18.4 Å². The minimum absolute atomic E-state index is 0.290. The first-order chi connectivity index (χ1) is 10.1. The Kier molecular flexibility index (Phi) is 3.93. The Morgan fingerprint density at radius 1 is 1.48 bits per heavy atom. The number of carbonyl (C=O) groups is 1. The van der Waals surface area contributed by atoms with E-state index in [9.17, 15) is 4.79 Å². The number of rotatable bonds is 5. The number of carbonyl (C=O) groups excluding carboxylic acids is 1. The third-order valence-corrected chi connectivity index (χ3v) is 4.01. The summed E-state index contributed by atoms with van der Waals surface area (Å²) in [4.78, 5) is 12.1. The van der Waals surface area contributed by atoms with Gasteiger partial charge in [0.1, 0.15) is 5.01 Å². The SMILES string of the molecule is CC(C)Cc1nnc(NC(=O)c2cn(C3CNC3)nn2)s1. The Bertz CT molecular complexity index is 631. The summed E-state index contributed by atoms with van der Waals surface area (Å²) in [5.74, 6) is 0.207. The summed E-state index contributed by atoms with van der Waals surface area (Å²) in [6.07, 6.45) is 2.52. The summed E-state index contributed by atoms with van der Waals surface area (Å²) in [6.45, 7) is 5.96. The van der Waals surface area contributed by atoms with E-state index in [0.29, 0.717) is 22.8 Å². The van der Waals surface area contributed by atoms with Gasteiger partial charge in [0.05, 0.1) is 12.2 Å². The molecule has 1 saturated heterocycles. The third kappa shape index (κ3) is 3.24. The van der Waals surface area contributed by atoms with Gasteiger partial charge in [-0.2, -0.15) is 0 Å². The van der Waals surface area contributed by atoms with Crippen LogP contribution in [-0.2, 0) is 6.42 Å². The van der Waals surface area contributed by atoms with Crippen LogP contribution in [0.4, 0.5) is 5.13 Å². The second kappa shape index (κ2) is 5.86. The van der Waals surface area contributed by atoms with E-state index in [-0.39, 0.29) is 5.91 Å². The number of amides is 1. The summed E-state index contributed by atoms with van der Waals surface area (Å²) in [6, 6.07) is 0.290. The molecule has 2 aromatic rings. The molecule has 0 spiro atoms. The fraction of sp³-hybridized carbons (Fsp3) is 0.583. The highest BCUT2D eigenvalue weighted by atomic mass is 32.1. The lowest BCUT2D eigenvalue weighted by atomic mass is 10.1. The molecule has 2 aromatic heterocycles. The molecule has 1 aliphatic rings. The molecule has 1 amide bonds. The van der Waals surface area contributed by atoms with Gasteiger partial charge in [0.25, 0.3) is 5.91 Å². The Balaban J connectivity index is 1.62. The van der Waals surface area contributed by atoms with Crippen LogP contribution in [0.2, 0.25) is 0 Å². The quantitative estimate of drug-likeness (QED) is 0.845. The van der Waals surface area contributed by atoms with E-state index in [0.717, 1.165) is 24.5 Å². The number of hydrogen-bond acceptors (Lipinski definition) is 7. The van der Waals surface area contributed by atoms with Crippen molar-refractivity contribution in [3.8, 4) is 0 Å². The third-order valence-electron chi connectivity index (χ3n) is 3.15. The minimum atomic E-state index is -0.305. The summed E-state index contributed by atoms with van der Waals surface area (Å²) < 4.78 is 1.72. The number of anilines is 1. The predicted molar refractivity (Wildman–Crippen MR) is 78.3 cm³/mol. The molecule has 1 fully saturated rings. The van der Waals surface area contributed by atoms with Crippen LogP contribution in [0.1, 0.15) is 35.4 Å². The lowest BCUT2D eigenvalue weighted by molar-refractivity contribution is 0.102. The van der Waals surface area contributed by atoms with Crippen LogP contribution in [0.15, 0.2) is 6.20 Å². The van der Waals surface area contributed by atoms with Crippen molar-refractivity contribution < 1.29 is 4.79 Å². The van der Waals surface area contributed by atoms with Gasteiger partial charge in [0.2, 0.25) is 5.13 Å². The first-order valence-corrected chi connectivity index (χ1v) is 7.69. The molecule has 0 bridgehead atoms. The van der Waals surface area contributed by atoms with E-state index >= 15 is 0 Å². The normalized spacial score (nSPS) is 15.2. The van der Waals surface area contributed by atoms with Gasteiger partial charge in [0.15, 0.2) is 5.69 Å². The lowest BCUT2D eigenvalue weighted by Gasteiger charge is -2.26. The highest BCUT2D eigenvalue weighted by molar-refractivity contribution is 7.15. The molecule has 3 rings (SSSR count). The fourth-order valence-corrected chi connectivity index (χ4v) is 2.86. The number of nitrogens with one attached hydrogen (secondary N) is 2. The van der Waals surface area contributed by atoms with Crippen molar-refractivity contribution in [2.45, 2.75) is 26.3 Å². The van der Waals surface area contributed by atoms with Crippen LogP contribution in [-0.4, -0.2) is 44.2 Å². The highest BCUT2D eigenvalue weighted by Crippen LogP contribution is 2.19. The molecule has 3 heterocycles.